The SMILES string of the molecule is Cc1nc(N(C)CCc2cccc(F)c2)ccc1N. The zero-order valence-corrected chi connectivity index (χ0v) is 11.2. The van der Waals surface area contributed by atoms with Gasteiger partial charge in [-0.3, -0.25) is 0 Å². The third kappa shape index (κ3) is 3.44. The molecule has 0 saturated heterocycles. The van der Waals surface area contributed by atoms with E-state index in [1.165, 1.54) is 6.07 Å². The van der Waals surface area contributed by atoms with Gasteiger partial charge in [-0.2, -0.15) is 0 Å². The van der Waals surface area contributed by atoms with Crippen LogP contribution in [0, 0.1) is 12.7 Å². The lowest BCUT2D eigenvalue weighted by Gasteiger charge is -2.19. The first-order valence-electron chi connectivity index (χ1n) is 6.25. The summed E-state index contributed by atoms with van der Waals surface area (Å²) in [4.78, 5) is 6.47. The lowest BCUT2D eigenvalue weighted by molar-refractivity contribution is 0.625. The Bertz CT molecular complexity index is 569. The molecular weight excluding hydrogens is 241 g/mol. The van der Waals surface area contributed by atoms with Gasteiger partial charge in [-0.25, -0.2) is 9.37 Å². The molecule has 2 aromatic rings. The predicted molar refractivity (Wildman–Crippen MR) is 76.8 cm³/mol. The maximum Gasteiger partial charge on any atom is 0.128 e. The highest BCUT2D eigenvalue weighted by molar-refractivity contribution is 5.50. The zero-order valence-electron chi connectivity index (χ0n) is 11.2. The summed E-state index contributed by atoms with van der Waals surface area (Å²) in [5, 5.41) is 0. The number of aryl methyl sites for hydroxylation is 1. The molecule has 1 aromatic carbocycles. The Hall–Kier alpha value is -2.10. The van der Waals surface area contributed by atoms with Crippen LogP contribution in [0.3, 0.4) is 0 Å². The molecule has 2 N–H and O–H groups in total. The van der Waals surface area contributed by atoms with E-state index in [1.54, 1.807) is 12.1 Å². The molecule has 0 aliphatic rings. The summed E-state index contributed by atoms with van der Waals surface area (Å²) in [6, 6.07) is 10.4. The van der Waals surface area contributed by atoms with Crippen LogP contribution in [-0.4, -0.2) is 18.6 Å². The molecule has 0 saturated carbocycles. The van der Waals surface area contributed by atoms with Crippen LogP contribution in [0.4, 0.5) is 15.9 Å². The first-order valence-corrected chi connectivity index (χ1v) is 6.25. The molecule has 0 unspecified atom stereocenters. The van der Waals surface area contributed by atoms with E-state index in [9.17, 15) is 4.39 Å². The Kier molecular flexibility index (Phi) is 4.00. The van der Waals surface area contributed by atoms with Crippen molar-refractivity contribution in [3.63, 3.8) is 0 Å². The van der Waals surface area contributed by atoms with E-state index in [2.05, 4.69) is 4.98 Å². The van der Waals surface area contributed by atoms with Crippen molar-refractivity contribution in [2.75, 3.05) is 24.2 Å². The number of aromatic nitrogens is 1. The lowest BCUT2D eigenvalue weighted by Crippen LogP contribution is -2.21. The van der Waals surface area contributed by atoms with Crippen LogP contribution in [0.5, 0.6) is 0 Å². The molecule has 2 rings (SSSR count). The van der Waals surface area contributed by atoms with Crippen LogP contribution < -0.4 is 10.6 Å². The van der Waals surface area contributed by atoms with E-state index in [0.717, 1.165) is 30.0 Å². The van der Waals surface area contributed by atoms with Gasteiger partial charge in [-0.15, -0.1) is 0 Å². The Morgan fingerprint density at radius 3 is 2.74 bits per heavy atom. The summed E-state index contributed by atoms with van der Waals surface area (Å²) in [6.07, 6.45) is 0.777. The number of nitrogen functional groups attached to an aromatic ring is 1. The van der Waals surface area contributed by atoms with Crippen LogP contribution >= 0.6 is 0 Å². The molecule has 4 heteroatoms. The molecule has 0 fully saturated rings. The van der Waals surface area contributed by atoms with E-state index in [4.69, 9.17) is 5.73 Å². The highest BCUT2D eigenvalue weighted by Crippen LogP contribution is 2.15. The first kappa shape index (κ1) is 13.3. The van der Waals surface area contributed by atoms with Crippen molar-refractivity contribution in [3.8, 4) is 0 Å². The Morgan fingerprint density at radius 2 is 2.05 bits per heavy atom. The van der Waals surface area contributed by atoms with Gasteiger partial charge in [0.05, 0.1) is 11.4 Å². The van der Waals surface area contributed by atoms with Crippen molar-refractivity contribution in [1.82, 2.24) is 4.98 Å². The molecular formula is C15H18FN3. The van der Waals surface area contributed by atoms with Crippen molar-refractivity contribution in [2.45, 2.75) is 13.3 Å². The molecule has 3 nitrogen and oxygen atoms in total. The third-order valence-corrected chi connectivity index (χ3v) is 3.13. The second kappa shape index (κ2) is 5.69. The summed E-state index contributed by atoms with van der Waals surface area (Å²) in [5.74, 6) is 0.685. The van der Waals surface area contributed by atoms with Gasteiger partial charge in [-0.1, -0.05) is 12.1 Å². The molecule has 0 spiro atoms. The first-order chi connectivity index (χ1) is 9.06. The minimum atomic E-state index is -0.193. The Labute approximate surface area is 112 Å². The maximum absolute atomic E-state index is 13.1. The average Bonchev–Trinajstić information content (AvgIpc) is 2.39. The monoisotopic (exact) mass is 259 g/mol. The van der Waals surface area contributed by atoms with Crippen molar-refractivity contribution in [1.29, 1.82) is 0 Å². The standard InChI is InChI=1S/C15H18FN3/c1-11-14(17)6-7-15(18-11)19(2)9-8-12-4-3-5-13(16)10-12/h3-7,10H,8-9,17H2,1-2H3. The molecule has 19 heavy (non-hydrogen) atoms. The van der Waals surface area contributed by atoms with Crippen molar-refractivity contribution < 1.29 is 4.39 Å². The molecule has 0 amide bonds. The van der Waals surface area contributed by atoms with E-state index in [-0.39, 0.29) is 5.82 Å². The Balaban J connectivity index is 2.01. The van der Waals surface area contributed by atoms with Crippen LogP contribution in [0.25, 0.3) is 0 Å². The Morgan fingerprint density at radius 1 is 1.26 bits per heavy atom. The van der Waals surface area contributed by atoms with E-state index < -0.39 is 0 Å². The van der Waals surface area contributed by atoms with E-state index in [1.807, 2.05) is 37.1 Å². The van der Waals surface area contributed by atoms with Gasteiger partial charge in [0.2, 0.25) is 0 Å². The third-order valence-electron chi connectivity index (χ3n) is 3.13. The van der Waals surface area contributed by atoms with Crippen molar-refractivity contribution >= 4 is 11.5 Å². The van der Waals surface area contributed by atoms with E-state index in [0.29, 0.717) is 5.69 Å². The quantitative estimate of drug-likeness (QED) is 0.918. The number of pyridine rings is 1. The van der Waals surface area contributed by atoms with E-state index >= 15 is 0 Å². The number of benzene rings is 1. The molecule has 0 bridgehead atoms. The lowest BCUT2D eigenvalue weighted by atomic mass is 10.1. The molecule has 0 aliphatic carbocycles. The van der Waals surface area contributed by atoms with Gasteiger partial charge in [-0.05, 0) is 43.2 Å². The normalized spacial score (nSPS) is 10.5. The van der Waals surface area contributed by atoms with Crippen LogP contribution in [-0.2, 0) is 6.42 Å². The number of rotatable bonds is 4. The van der Waals surface area contributed by atoms with Gasteiger partial charge in [0.1, 0.15) is 11.6 Å². The minimum absolute atomic E-state index is 0.193. The van der Waals surface area contributed by atoms with Crippen LogP contribution in [0.15, 0.2) is 36.4 Å². The summed E-state index contributed by atoms with van der Waals surface area (Å²) in [6.45, 7) is 2.67. The summed E-state index contributed by atoms with van der Waals surface area (Å²) in [5.41, 5.74) is 8.26. The number of anilines is 2. The molecule has 0 atom stereocenters. The summed E-state index contributed by atoms with van der Waals surface area (Å²) in [7, 11) is 1.97. The number of nitrogens with two attached hydrogens (primary N) is 1. The molecule has 0 radical (unpaired) electrons. The number of halogens is 1. The molecule has 1 aromatic heterocycles. The van der Waals surface area contributed by atoms with Crippen molar-refractivity contribution in [2.24, 2.45) is 0 Å². The number of nitrogens with zero attached hydrogens (tertiary/aromatic N) is 2. The second-order valence-corrected chi connectivity index (χ2v) is 4.65. The maximum atomic E-state index is 13.1. The van der Waals surface area contributed by atoms with Crippen molar-refractivity contribution in [3.05, 3.63) is 53.5 Å². The fourth-order valence-corrected chi connectivity index (χ4v) is 1.87. The molecule has 1 heterocycles. The molecule has 0 aliphatic heterocycles. The number of hydrogen-bond donors (Lipinski definition) is 1. The number of hydrogen-bond acceptors (Lipinski definition) is 3. The molecule has 100 valence electrons. The van der Waals surface area contributed by atoms with Crippen LogP contribution in [0.1, 0.15) is 11.3 Å². The zero-order chi connectivity index (χ0) is 13.8. The predicted octanol–water partition coefficient (Wildman–Crippen LogP) is 2.79. The van der Waals surface area contributed by atoms with Gasteiger partial charge in [0.15, 0.2) is 0 Å². The highest BCUT2D eigenvalue weighted by atomic mass is 19.1. The highest BCUT2D eigenvalue weighted by Gasteiger charge is 2.05. The number of likely N-dealkylation sites (N-methyl/N-ethyl adjacent to an activating group) is 1. The van der Waals surface area contributed by atoms with Gasteiger partial charge < -0.3 is 10.6 Å². The van der Waals surface area contributed by atoms with Gasteiger partial charge in [0, 0.05) is 13.6 Å². The largest absolute Gasteiger partial charge is 0.397 e. The topological polar surface area (TPSA) is 42.2 Å². The average molecular weight is 259 g/mol. The smallest absolute Gasteiger partial charge is 0.128 e. The fraction of sp³-hybridized carbons (Fsp3) is 0.267. The van der Waals surface area contributed by atoms with Gasteiger partial charge >= 0.3 is 0 Å². The van der Waals surface area contributed by atoms with Gasteiger partial charge in [0.25, 0.3) is 0 Å². The van der Waals surface area contributed by atoms with Crippen LogP contribution in [0.2, 0.25) is 0 Å². The minimum Gasteiger partial charge on any atom is -0.397 e. The fourth-order valence-electron chi connectivity index (χ4n) is 1.87. The summed E-state index contributed by atoms with van der Waals surface area (Å²) < 4.78 is 13.1. The summed E-state index contributed by atoms with van der Waals surface area (Å²) >= 11 is 0. The second-order valence-electron chi connectivity index (χ2n) is 4.65.